The maximum absolute atomic E-state index is 13.2. The van der Waals surface area contributed by atoms with Crippen LogP contribution in [0, 0.1) is 5.82 Å². The standard InChI is InChI=1S/C24H18Cl2FN3O2/c25-18-7-10-23(21(26)11-18)32-15-24(31)29-28-12-17-14-30(22-4-2-1-3-20(17)22)13-16-5-8-19(27)9-6-16/h1-12,14H,13,15H2,(H,29,31)/b28-12-. The van der Waals surface area contributed by atoms with E-state index in [1.807, 2.05) is 30.5 Å². The number of hydrogen-bond acceptors (Lipinski definition) is 3. The first-order valence-corrected chi connectivity index (χ1v) is 10.5. The number of rotatable bonds is 7. The van der Waals surface area contributed by atoms with Gasteiger partial charge < -0.3 is 9.30 Å². The zero-order valence-corrected chi connectivity index (χ0v) is 18.3. The number of para-hydroxylation sites is 1. The van der Waals surface area contributed by atoms with Crippen LogP contribution in [0.2, 0.25) is 10.0 Å². The van der Waals surface area contributed by atoms with Gasteiger partial charge in [-0.15, -0.1) is 0 Å². The number of nitrogens with one attached hydrogen (secondary N) is 1. The Balaban J connectivity index is 1.43. The molecule has 32 heavy (non-hydrogen) atoms. The molecule has 0 spiro atoms. The number of aromatic nitrogens is 1. The van der Waals surface area contributed by atoms with Crippen molar-refractivity contribution >= 4 is 46.2 Å². The van der Waals surface area contributed by atoms with Crippen molar-refractivity contribution in [3.05, 3.63) is 99.9 Å². The van der Waals surface area contributed by atoms with E-state index in [4.69, 9.17) is 27.9 Å². The Bertz CT molecular complexity index is 1290. The lowest BCUT2D eigenvalue weighted by Crippen LogP contribution is -2.24. The van der Waals surface area contributed by atoms with Gasteiger partial charge in [0.25, 0.3) is 5.91 Å². The average molecular weight is 470 g/mol. The third-order valence-electron chi connectivity index (χ3n) is 4.73. The molecule has 0 aliphatic heterocycles. The number of halogens is 3. The second kappa shape index (κ2) is 9.85. The highest BCUT2D eigenvalue weighted by molar-refractivity contribution is 6.35. The highest BCUT2D eigenvalue weighted by Gasteiger charge is 2.09. The fourth-order valence-corrected chi connectivity index (χ4v) is 3.70. The van der Waals surface area contributed by atoms with Crippen molar-refractivity contribution in [1.82, 2.24) is 9.99 Å². The molecule has 1 heterocycles. The number of ether oxygens (including phenoxy) is 1. The largest absolute Gasteiger partial charge is 0.482 e. The van der Waals surface area contributed by atoms with E-state index >= 15 is 0 Å². The number of hydrazone groups is 1. The van der Waals surface area contributed by atoms with E-state index in [2.05, 4.69) is 15.1 Å². The fourth-order valence-electron chi connectivity index (χ4n) is 3.24. The summed E-state index contributed by atoms with van der Waals surface area (Å²) >= 11 is 11.9. The summed E-state index contributed by atoms with van der Waals surface area (Å²) in [5, 5.41) is 5.84. The highest BCUT2D eigenvalue weighted by atomic mass is 35.5. The van der Waals surface area contributed by atoms with E-state index in [9.17, 15) is 9.18 Å². The number of carbonyl (C=O) groups excluding carboxylic acids is 1. The molecule has 5 nitrogen and oxygen atoms in total. The van der Waals surface area contributed by atoms with Crippen LogP contribution in [0.4, 0.5) is 4.39 Å². The molecule has 0 aliphatic carbocycles. The van der Waals surface area contributed by atoms with Crippen molar-refractivity contribution in [2.24, 2.45) is 5.10 Å². The third-order valence-corrected chi connectivity index (χ3v) is 5.26. The molecule has 162 valence electrons. The average Bonchev–Trinajstić information content (AvgIpc) is 3.12. The molecular weight excluding hydrogens is 452 g/mol. The molecule has 4 aromatic rings. The summed E-state index contributed by atoms with van der Waals surface area (Å²) < 4.78 is 20.6. The van der Waals surface area contributed by atoms with Gasteiger partial charge in [-0.2, -0.15) is 5.10 Å². The van der Waals surface area contributed by atoms with Crippen LogP contribution in [0.1, 0.15) is 11.1 Å². The van der Waals surface area contributed by atoms with Crippen molar-refractivity contribution < 1.29 is 13.9 Å². The van der Waals surface area contributed by atoms with Gasteiger partial charge in [0.15, 0.2) is 6.61 Å². The van der Waals surface area contributed by atoms with Crippen LogP contribution in [0.5, 0.6) is 5.75 Å². The van der Waals surface area contributed by atoms with Gasteiger partial charge in [-0.1, -0.05) is 53.5 Å². The minimum Gasteiger partial charge on any atom is -0.482 e. The molecule has 8 heteroatoms. The summed E-state index contributed by atoms with van der Waals surface area (Å²) in [5.74, 6) is -0.335. The molecule has 0 unspecified atom stereocenters. The molecule has 4 rings (SSSR count). The molecule has 0 fully saturated rings. The third kappa shape index (κ3) is 5.28. The van der Waals surface area contributed by atoms with Crippen LogP contribution >= 0.6 is 23.2 Å². The number of nitrogens with zero attached hydrogens (tertiary/aromatic N) is 2. The number of benzene rings is 3. The van der Waals surface area contributed by atoms with E-state index in [0.717, 1.165) is 22.0 Å². The Labute approximate surface area is 194 Å². The van der Waals surface area contributed by atoms with E-state index in [1.54, 1.807) is 30.5 Å². The summed E-state index contributed by atoms with van der Waals surface area (Å²) in [6.07, 6.45) is 3.52. The Morgan fingerprint density at radius 3 is 2.66 bits per heavy atom. The molecule has 1 aromatic heterocycles. The van der Waals surface area contributed by atoms with Gasteiger partial charge in [-0.05, 0) is 42.0 Å². The highest BCUT2D eigenvalue weighted by Crippen LogP contribution is 2.27. The van der Waals surface area contributed by atoms with E-state index in [1.165, 1.54) is 18.2 Å². The first-order chi connectivity index (χ1) is 15.5. The normalized spacial score (nSPS) is 11.2. The predicted octanol–water partition coefficient (Wildman–Crippen LogP) is 5.66. The molecule has 0 saturated carbocycles. The Kier molecular flexibility index (Phi) is 6.73. The Morgan fingerprint density at radius 1 is 1.09 bits per heavy atom. The van der Waals surface area contributed by atoms with Gasteiger partial charge >= 0.3 is 0 Å². The summed E-state index contributed by atoms with van der Waals surface area (Å²) in [5.41, 5.74) is 5.26. The second-order valence-corrected chi connectivity index (χ2v) is 7.86. The number of amides is 1. The van der Waals surface area contributed by atoms with Crippen molar-refractivity contribution in [1.29, 1.82) is 0 Å². The molecule has 0 saturated heterocycles. The van der Waals surface area contributed by atoms with Gasteiger partial charge in [0, 0.05) is 34.2 Å². The summed E-state index contributed by atoms with van der Waals surface area (Å²) in [6, 6.07) is 19.0. The molecule has 0 bridgehead atoms. The first kappa shape index (κ1) is 21.9. The molecule has 3 aromatic carbocycles. The Morgan fingerprint density at radius 2 is 1.88 bits per heavy atom. The van der Waals surface area contributed by atoms with Crippen molar-refractivity contribution in [3.63, 3.8) is 0 Å². The summed E-state index contributed by atoms with van der Waals surface area (Å²) in [6.45, 7) is 0.335. The quantitative estimate of drug-likeness (QED) is 0.280. The Hall–Kier alpha value is -3.35. The lowest BCUT2D eigenvalue weighted by atomic mass is 10.2. The van der Waals surface area contributed by atoms with Crippen molar-refractivity contribution in [2.45, 2.75) is 6.54 Å². The lowest BCUT2D eigenvalue weighted by molar-refractivity contribution is -0.123. The van der Waals surface area contributed by atoms with Crippen LogP contribution in [0.3, 0.4) is 0 Å². The fraction of sp³-hybridized carbons (Fsp3) is 0.0833. The molecule has 0 aliphatic rings. The van der Waals surface area contributed by atoms with Gasteiger partial charge in [0.1, 0.15) is 11.6 Å². The van der Waals surface area contributed by atoms with Gasteiger partial charge in [0.05, 0.1) is 11.2 Å². The number of fused-ring (bicyclic) bond motifs is 1. The first-order valence-electron chi connectivity index (χ1n) is 9.71. The number of hydrogen-bond donors (Lipinski definition) is 1. The van der Waals surface area contributed by atoms with Crippen LogP contribution < -0.4 is 10.2 Å². The second-order valence-electron chi connectivity index (χ2n) is 7.01. The summed E-state index contributed by atoms with van der Waals surface area (Å²) in [4.78, 5) is 12.1. The van der Waals surface area contributed by atoms with Gasteiger partial charge in [-0.25, -0.2) is 9.82 Å². The zero-order chi connectivity index (χ0) is 22.5. The van der Waals surface area contributed by atoms with Crippen LogP contribution in [-0.2, 0) is 11.3 Å². The molecule has 1 amide bonds. The maximum Gasteiger partial charge on any atom is 0.277 e. The zero-order valence-electron chi connectivity index (χ0n) is 16.8. The monoisotopic (exact) mass is 469 g/mol. The van der Waals surface area contributed by atoms with Crippen molar-refractivity contribution in [3.8, 4) is 5.75 Å². The smallest absolute Gasteiger partial charge is 0.277 e. The molecule has 1 N–H and O–H groups in total. The molecular formula is C24H18Cl2FN3O2. The van der Waals surface area contributed by atoms with Gasteiger partial charge in [0.2, 0.25) is 0 Å². The van der Waals surface area contributed by atoms with Crippen LogP contribution in [-0.4, -0.2) is 23.3 Å². The van der Waals surface area contributed by atoms with Crippen molar-refractivity contribution in [2.75, 3.05) is 6.61 Å². The topological polar surface area (TPSA) is 55.6 Å². The lowest BCUT2D eigenvalue weighted by Gasteiger charge is -2.06. The van der Waals surface area contributed by atoms with E-state index in [0.29, 0.717) is 22.3 Å². The minimum absolute atomic E-state index is 0.245. The maximum atomic E-state index is 13.2. The SMILES string of the molecule is O=C(COc1ccc(Cl)cc1Cl)N/N=C\c1cn(Cc2ccc(F)cc2)c2ccccc12. The summed E-state index contributed by atoms with van der Waals surface area (Å²) in [7, 11) is 0. The molecule has 0 radical (unpaired) electrons. The van der Waals surface area contributed by atoms with Crippen LogP contribution in [0.15, 0.2) is 78.0 Å². The molecule has 0 atom stereocenters. The predicted molar refractivity (Wildman–Crippen MR) is 125 cm³/mol. The number of carbonyl (C=O) groups is 1. The minimum atomic E-state index is -0.428. The van der Waals surface area contributed by atoms with Crippen LogP contribution in [0.25, 0.3) is 10.9 Å². The van der Waals surface area contributed by atoms with E-state index < -0.39 is 5.91 Å². The van der Waals surface area contributed by atoms with Gasteiger partial charge in [-0.3, -0.25) is 4.79 Å². The van der Waals surface area contributed by atoms with E-state index in [-0.39, 0.29) is 12.4 Å².